The van der Waals surface area contributed by atoms with Gasteiger partial charge < -0.3 is 10.4 Å². The maximum atomic E-state index is 11.9. The monoisotopic (exact) mass is 294 g/mol. The Hall–Kier alpha value is -1.56. The number of aromatic nitrogens is 1. The Balaban J connectivity index is 1.82. The van der Waals surface area contributed by atoms with Gasteiger partial charge in [0.05, 0.1) is 11.7 Å². The summed E-state index contributed by atoms with van der Waals surface area (Å²) < 4.78 is 0. The van der Waals surface area contributed by atoms with Gasteiger partial charge in [-0.2, -0.15) is 0 Å². The van der Waals surface area contributed by atoms with Gasteiger partial charge in [0, 0.05) is 23.3 Å². The molecule has 2 atom stereocenters. The number of hydrogen-bond acceptors (Lipinski definition) is 4. The third-order valence-electron chi connectivity index (χ3n) is 3.45. The van der Waals surface area contributed by atoms with Crippen LogP contribution in [0.3, 0.4) is 0 Å². The summed E-state index contributed by atoms with van der Waals surface area (Å²) in [4.78, 5) is 28.0. The van der Waals surface area contributed by atoms with Crippen LogP contribution in [0.5, 0.6) is 0 Å². The van der Waals surface area contributed by atoms with Gasteiger partial charge in [-0.3, -0.25) is 14.6 Å². The lowest BCUT2D eigenvalue weighted by Gasteiger charge is -2.29. The Bertz CT molecular complexity index is 467. The van der Waals surface area contributed by atoms with E-state index in [0.29, 0.717) is 12.2 Å². The minimum absolute atomic E-state index is 0.107. The number of aliphatic carboxylic acids is 1. The number of carbonyl (C=O) groups excluding carboxylic acids is 1. The molecule has 2 unspecified atom stereocenters. The van der Waals surface area contributed by atoms with E-state index >= 15 is 0 Å². The molecule has 6 heteroatoms. The van der Waals surface area contributed by atoms with Crippen molar-refractivity contribution in [2.24, 2.45) is 5.92 Å². The summed E-state index contributed by atoms with van der Waals surface area (Å²) in [6.07, 6.45) is 6.67. The summed E-state index contributed by atoms with van der Waals surface area (Å²) in [6, 6.07) is 3.46. The molecular formula is C14H18N2O3S. The molecule has 0 spiro atoms. The number of nitrogens with zero attached hydrogens (tertiary/aromatic N) is 1. The molecule has 0 radical (unpaired) electrons. The van der Waals surface area contributed by atoms with E-state index in [1.54, 1.807) is 12.4 Å². The average molecular weight is 294 g/mol. The zero-order valence-electron chi connectivity index (χ0n) is 11.1. The SMILES string of the molecule is O=C(CSc1ccncc1)NC1CCCCC1C(=O)O. The minimum Gasteiger partial charge on any atom is -0.481 e. The largest absolute Gasteiger partial charge is 0.481 e. The van der Waals surface area contributed by atoms with Crippen LogP contribution in [-0.4, -0.2) is 33.8 Å². The number of carboxylic acids is 1. The molecule has 108 valence electrons. The van der Waals surface area contributed by atoms with Crippen molar-refractivity contribution in [2.45, 2.75) is 36.6 Å². The van der Waals surface area contributed by atoms with Gasteiger partial charge in [0.2, 0.25) is 5.91 Å². The van der Waals surface area contributed by atoms with Gasteiger partial charge >= 0.3 is 5.97 Å². The molecule has 0 bridgehead atoms. The molecule has 0 aliphatic heterocycles. The van der Waals surface area contributed by atoms with Gasteiger partial charge in [0.1, 0.15) is 0 Å². The number of thioether (sulfide) groups is 1. The molecule has 1 fully saturated rings. The number of pyridine rings is 1. The van der Waals surface area contributed by atoms with Crippen LogP contribution in [0.2, 0.25) is 0 Å². The maximum absolute atomic E-state index is 11.9. The lowest BCUT2D eigenvalue weighted by molar-refractivity contribution is -0.144. The molecule has 1 aliphatic rings. The van der Waals surface area contributed by atoms with Gasteiger partial charge in [0.25, 0.3) is 0 Å². The average Bonchev–Trinajstić information content (AvgIpc) is 2.46. The standard InChI is InChI=1S/C14H18N2O3S/c17-13(9-20-10-5-7-15-8-6-10)16-12-4-2-1-3-11(12)14(18)19/h5-8,11-12H,1-4,9H2,(H,16,17)(H,18,19). The summed E-state index contributed by atoms with van der Waals surface area (Å²) in [7, 11) is 0. The zero-order valence-corrected chi connectivity index (χ0v) is 11.9. The molecule has 1 aromatic heterocycles. The summed E-state index contributed by atoms with van der Waals surface area (Å²) in [5.74, 6) is -1.06. The van der Waals surface area contributed by atoms with Crippen molar-refractivity contribution in [3.8, 4) is 0 Å². The summed E-state index contributed by atoms with van der Waals surface area (Å²) in [5, 5.41) is 12.0. The van der Waals surface area contributed by atoms with Crippen molar-refractivity contribution < 1.29 is 14.7 Å². The fourth-order valence-corrected chi connectivity index (χ4v) is 3.13. The first-order valence-electron chi connectivity index (χ1n) is 6.72. The van der Waals surface area contributed by atoms with Gasteiger partial charge in [0.15, 0.2) is 0 Å². The fourth-order valence-electron chi connectivity index (χ4n) is 2.43. The van der Waals surface area contributed by atoms with E-state index in [1.165, 1.54) is 11.8 Å². The molecule has 1 amide bonds. The molecule has 1 saturated carbocycles. The second-order valence-corrected chi connectivity index (χ2v) is 5.92. The third kappa shape index (κ3) is 4.23. The molecule has 1 aromatic rings. The van der Waals surface area contributed by atoms with Crippen molar-refractivity contribution in [2.75, 3.05) is 5.75 Å². The van der Waals surface area contributed by atoms with Gasteiger partial charge in [-0.05, 0) is 25.0 Å². The summed E-state index contributed by atoms with van der Waals surface area (Å²) >= 11 is 1.43. The Morgan fingerprint density at radius 2 is 2.00 bits per heavy atom. The number of carboxylic acid groups (broad SMARTS) is 1. The molecule has 2 rings (SSSR count). The van der Waals surface area contributed by atoms with Crippen molar-refractivity contribution >= 4 is 23.6 Å². The highest BCUT2D eigenvalue weighted by Crippen LogP contribution is 2.25. The van der Waals surface area contributed by atoms with Crippen LogP contribution in [-0.2, 0) is 9.59 Å². The first-order chi connectivity index (χ1) is 9.66. The number of hydrogen-bond donors (Lipinski definition) is 2. The summed E-state index contributed by atoms with van der Waals surface area (Å²) in [5.41, 5.74) is 0. The Morgan fingerprint density at radius 3 is 2.70 bits per heavy atom. The Morgan fingerprint density at radius 1 is 1.30 bits per heavy atom. The second-order valence-electron chi connectivity index (χ2n) is 4.87. The van der Waals surface area contributed by atoms with Crippen LogP contribution in [0, 0.1) is 5.92 Å². The molecular weight excluding hydrogens is 276 g/mol. The van der Waals surface area contributed by atoms with Crippen LogP contribution < -0.4 is 5.32 Å². The highest BCUT2D eigenvalue weighted by Gasteiger charge is 2.31. The fraction of sp³-hybridized carbons (Fsp3) is 0.500. The number of carbonyl (C=O) groups is 2. The quantitative estimate of drug-likeness (QED) is 0.811. The second kappa shape index (κ2) is 7.28. The minimum atomic E-state index is -0.809. The highest BCUT2D eigenvalue weighted by molar-refractivity contribution is 8.00. The molecule has 20 heavy (non-hydrogen) atoms. The van der Waals surface area contributed by atoms with E-state index in [-0.39, 0.29) is 11.9 Å². The van der Waals surface area contributed by atoms with Crippen LogP contribution in [0.15, 0.2) is 29.4 Å². The van der Waals surface area contributed by atoms with E-state index in [0.717, 1.165) is 24.2 Å². The number of nitrogens with one attached hydrogen (secondary N) is 1. The predicted molar refractivity (Wildman–Crippen MR) is 76.5 cm³/mol. The molecule has 2 N–H and O–H groups in total. The van der Waals surface area contributed by atoms with Gasteiger partial charge in [-0.15, -0.1) is 11.8 Å². The van der Waals surface area contributed by atoms with Crippen LogP contribution >= 0.6 is 11.8 Å². The van der Waals surface area contributed by atoms with Crippen LogP contribution in [0.1, 0.15) is 25.7 Å². The van der Waals surface area contributed by atoms with Gasteiger partial charge in [-0.25, -0.2) is 0 Å². The van der Waals surface area contributed by atoms with Crippen molar-refractivity contribution in [3.63, 3.8) is 0 Å². The molecule has 0 aromatic carbocycles. The van der Waals surface area contributed by atoms with E-state index in [4.69, 9.17) is 5.11 Å². The number of amides is 1. The topological polar surface area (TPSA) is 79.3 Å². The first kappa shape index (κ1) is 14.8. The molecule has 1 heterocycles. The smallest absolute Gasteiger partial charge is 0.308 e. The van der Waals surface area contributed by atoms with Crippen LogP contribution in [0.25, 0.3) is 0 Å². The van der Waals surface area contributed by atoms with E-state index < -0.39 is 11.9 Å². The normalized spacial score (nSPS) is 22.2. The molecule has 5 nitrogen and oxygen atoms in total. The predicted octanol–water partition coefficient (Wildman–Crippen LogP) is 1.93. The lowest BCUT2D eigenvalue weighted by Crippen LogP contribution is -2.45. The first-order valence-corrected chi connectivity index (χ1v) is 7.70. The zero-order chi connectivity index (χ0) is 14.4. The Kier molecular flexibility index (Phi) is 5.40. The van der Waals surface area contributed by atoms with E-state index in [1.807, 2.05) is 12.1 Å². The lowest BCUT2D eigenvalue weighted by atomic mass is 9.84. The summed E-state index contributed by atoms with van der Waals surface area (Å²) in [6.45, 7) is 0. The van der Waals surface area contributed by atoms with Crippen molar-refractivity contribution in [1.82, 2.24) is 10.3 Å². The van der Waals surface area contributed by atoms with E-state index in [2.05, 4.69) is 10.3 Å². The highest BCUT2D eigenvalue weighted by atomic mass is 32.2. The Labute approximate surface area is 122 Å². The molecule has 1 aliphatic carbocycles. The van der Waals surface area contributed by atoms with E-state index in [9.17, 15) is 9.59 Å². The maximum Gasteiger partial charge on any atom is 0.308 e. The van der Waals surface area contributed by atoms with Crippen LogP contribution in [0.4, 0.5) is 0 Å². The van der Waals surface area contributed by atoms with Crippen molar-refractivity contribution in [3.05, 3.63) is 24.5 Å². The number of rotatable bonds is 5. The third-order valence-corrected chi connectivity index (χ3v) is 4.46. The van der Waals surface area contributed by atoms with Gasteiger partial charge in [-0.1, -0.05) is 12.8 Å². The molecule has 0 saturated heterocycles. The van der Waals surface area contributed by atoms with Crippen molar-refractivity contribution in [1.29, 1.82) is 0 Å².